The number of carbonyl (C=O) groups is 1. The lowest BCUT2D eigenvalue weighted by Gasteiger charge is -1.99. The molecule has 0 radical (unpaired) electrons. The van der Waals surface area contributed by atoms with Crippen LogP contribution < -0.4 is 4.80 Å². The molecule has 0 bridgehead atoms. The third-order valence-electron chi connectivity index (χ3n) is 3.14. The molecule has 6 nitrogen and oxygen atoms in total. The van der Waals surface area contributed by atoms with Gasteiger partial charge in [-0.2, -0.15) is 4.99 Å². The number of amides is 1. The summed E-state index contributed by atoms with van der Waals surface area (Å²) in [5.41, 5.74) is 1.00. The zero-order valence-corrected chi connectivity index (χ0v) is 15.1. The molecule has 0 saturated heterocycles. The van der Waals surface area contributed by atoms with Gasteiger partial charge in [-0.15, -0.1) is 0 Å². The predicted octanol–water partition coefficient (Wildman–Crippen LogP) is 4.20. The molecule has 9 heteroatoms. The van der Waals surface area contributed by atoms with E-state index >= 15 is 0 Å². The molecule has 0 spiro atoms. The highest BCUT2D eigenvalue weighted by Gasteiger charge is 2.15. The molecule has 0 aliphatic rings. The molecule has 3 aromatic rings. The van der Waals surface area contributed by atoms with Crippen LogP contribution in [0.25, 0.3) is 10.2 Å². The first-order valence-corrected chi connectivity index (χ1v) is 9.04. The SMILES string of the molecule is CCn1c(=NC(=O)c2ccc([N+](=O)[O-])s2)sc2cc(Br)ccc21. The second-order valence-corrected chi connectivity index (χ2v) is 7.54. The van der Waals surface area contributed by atoms with Crippen LogP contribution in [0.4, 0.5) is 5.00 Å². The monoisotopic (exact) mass is 411 g/mol. The van der Waals surface area contributed by atoms with E-state index in [2.05, 4.69) is 20.9 Å². The Morgan fingerprint density at radius 2 is 2.13 bits per heavy atom. The van der Waals surface area contributed by atoms with Crippen molar-refractivity contribution in [3.05, 3.63) is 54.6 Å². The van der Waals surface area contributed by atoms with E-state index in [-0.39, 0.29) is 9.88 Å². The standard InChI is InChI=1S/C14H10BrN3O3S2/c1-2-17-9-4-3-8(15)7-11(9)23-14(17)16-13(19)10-5-6-12(22-10)18(20)21/h3-7H,2H2,1H3. The van der Waals surface area contributed by atoms with Gasteiger partial charge in [0.05, 0.1) is 15.1 Å². The number of fused-ring (bicyclic) bond motifs is 1. The first-order chi connectivity index (χ1) is 11.0. The van der Waals surface area contributed by atoms with Crippen molar-refractivity contribution in [3.63, 3.8) is 0 Å². The van der Waals surface area contributed by atoms with Crippen LogP contribution in [0.2, 0.25) is 0 Å². The number of aromatic nitrogens is 1. The Bertz CT molecular complexity index is 987. The predicted molar refractivity (Wildman–Crippen MR) is 94.1 cm³/mol. The highest BCUT2D eigenvalue weighted by atomic mass is 79.9. The Balaban J connectivity index is 2.08. The van der Waals surface area contributed by atoms with Crippen LogP contribution in [0.5, 0.6) is 0 Å². The molecule has 0 atom stereocenters. The molecule has 1 aromatic carbocycles. The number of nitrogens with zero attached hydrogens (tertiary/aromatic N) is 3. The van der Waals surface area contributed by atoms with E-state index in [1.165, 1.54) is 23.5 Å². The average molecular weight is 412 g/mol. The van der Waals surface area contributed by atoms with Gasteiger partial charge < -0.3 is 4.57 Å². The molecular formula is C14H10BrN3O3S2. The topological polar surface area (TPSA) is 77.5 Å². The van der Waals surface area contributed by atoms with Crippen LogP contribution in [0, 0.1) is 10.1 Å². The maximum absolute atomic E-state index is 12.3. The molecular weight excluding hydrogens is 402 g/mol. The van der Waals surface area contributed by atoms with E-state index in [0.717, 1.165) is 26.0 Å². The molecule has 3 rings (SSSR count). The van der Waals surface area contributed by atoms with Crippen molar-refractivity contribution in [3.8, 4) is 0 Å². The van der Waals surface area contributed by atoms with Gasteiger partial charge in [0.2, 0.25) is 0 Å². The zero-order valence-electron chi connectivity index (χ0n) is 11.9. The summed E-state index contributed by atoms with van der Waals surface area (Å²) in [6, 6.07) is 8.65. The number of hydrogen-bond donors (Lipinski definition) is 0. The van der Waals surface area contributed by atoms with Crippen molar-refractivity contribution in [2.24, 2.45) is 4.99 Å². The lowest BCUT2D eigenvalue weighted by Crippen LogP contribution is -2.15. The van der Waals surface area contributed by atoms with E-state index in [4.69, 9.17) is 0 Å². The van der Waals surface area contributed by atoms with E-state index in [1.54, 1.807) is 0 Å². The van der Waals surface area contributed by atoms with Crippen molar-refractivity contribution < 1.29 is 9.72 Å². The molecule has 0 unspecified atom stereocenters. The fraction of sp³-hybridized carbons (Fsp3) is 0.143. The van der Waals surface area contributed by atoms with Gasteiger partial charge in [-0.3, -0.25) is 14.9 Å². The number of halogens is 1. The van der Waals surface area contributed by atoms with Crippen LogP contribution in [0.3, 0.4) is 0 Å². The molecule has 0 aliphatic carbocycles. The molecule has 0 N–H and O–H groups in total. The number of thiophene rings is 1. The van der Waals surface area contributed by atoms with E-state index in [9.17, 15) is 14.9 Å². The highest BCUT2D eigenvalue weighted by Crippen LogP contribution is 2.25. The van der Waals surface area contributed by atoms with Crippen molar-refractivity contribution >= 4 is 59.7 Å². The van der Waals surface area contributed by atoms with Crippen molar-refractivity contribution in [1.29, 1.82) is 0 Å². The molecule has 1 amide bonds. The largest absolute Gasteiger partial charge is 0.324 e. The molecule has 118 valence electrons. The van der Waals surface area contributed by atoms with Gasteiger partial charge in [-0.25, -0.2) is 0 Å². The van der Waals surface area contributed by atoms with Gasteiger partial charge in [0.25, 0.3) is 5.91 Å². The molecule has 0 aliphatic heterocycles. The van der Waals surface area contributed by atoms with Crippen LogP contribution >= 0.6 is 38.6 Å². The lowest BCUT2D eigenvalue weighted by molar-refractivity contribution is -0.380. The van der Waals surface area contributed by atoms with Crippen LogP contribution in [-0.4, -0.2) is 15.4 Å². The van der Waals surface area contributed by atoms with Crippen LogP contribution in [0.1, 0.15) is 16.6 Å². The number of aryl methyl sites for hydroxylation is 1. The van der Waals surface area contributed by atoms with E-state index < -0.39 is 10.8 Å². The first-order valence-electron chi connectivity index (χ1n) is 6.61. The Hall–Kier alpha value is -1.84. The molecule has 0 saturated carbocycles. The summed E-state index contributed by atoms with van der Waals surface area (Å²) in [5, 5.41) is 10.6. The summed E-state index contributed by atoms with van der Waals surface area (Å²) in [6.07, 6.45) is 0. The normalized spacial score (nSPS) is 12.0. The average Bonchev–Trinajstić information content (AvgIpc) is 3.10. The van der Waals surface area contributed by atoms with Crippen molar-refractivity contribution in [2.45, 2.75) is 13.5 Å². The van der Waals surface area contributed by atoms with E-state index in [1.807, 2.05) is 29.7 Å². The van der Waals surface area contributed by atoms with Crippen LogP contribution in [-0.2, 0) is 6.54 Å². The molecule has 23 heavy (non-hydrogen) atoms. The second-order valence-electron chi connectivity index (χ2n) is 4.55. The quantitative estimate of drug-likeness (QED) is 0.478. The number of carbonyl (C=O) groups excluding carboxylic acids is 1. The number of thiazole rings is 1. The summed E-state index contributed by atoms with van der Waals surface area (Å²) >= 11 is 5.68. The lowest BCUT2D eigenvalue weighted by atomic mass is 10.3. The third-order valence-corrected chi connectivity index (χ3v) is 5.70. The summed E-state index contributed by atoms with van der Waals surface area (Å²) in [4.78, 5) is 27.5. The first kappa shape index (κ1) is 16.0. The minimum Gasteiger partial charge on any atom is -0.317 e. The minimum atomic E-state index is -0.509. The third kappa shape index (κ3) is 3.12. The van der Waals surface area contributed by atoms with Gasteiger partial charge >= 0.3 is 5.00 Å². The highest BCUT2D eigenvalue weighted by molar-refractivity contribution is 9.10. The van der Waals surface area contributed by atoms with Gasteiger partial charge in [0, 0.05) is 17.1 Å². The number of nitro groups is 1. The van der Waals surface area contributed by atoms with Crippen LogP contribution in [0.15, 0.2) is 39.8 Å². The minimum absolute atomic E-state index is 0.0628. The molecule has 2 aromatic heterocycles. The summed E-state index contributed by atoms with van der Waals surface area (Å²) in [6.45, 7) is 2.66. The Labute approximate surface area is 147 Å². The summed E-state index contributed by atoms with van der Waals surface area (Å²) in [7, 11) is 0. The Morgan fingerprint density at radius 1 is 1.35 bits per heavy atom. The fourth-order valence-electron chi connectivity index (χ4n) is 2.12. The molecule has 2 heterocycles. The van der Waals surface area contributed by atoms with Crippen molar-refractivity contribution in [1.82, 2.24) is 4.57 Å². The smallest absolute Gasteiger partial charge is 0.317 e. The summed E-state index contributed by atoms with van der Waals surface area (Å²) < 4.78 is 3.93. The number of rotatable bonds is 3. The maximum atomic E-state index is 12.3. The Morgan fingerprint density at radius 3 is 2.78 bits per heavy atom. The van der Waals surface area contributed by atoms with Crippen molar-refractivity contribution in [2.75, 3.05) is 0 Å². The molecule has 0 fully saturated rings. The number of benzene rings is 1. The fourth-order valence-corrected chi connectivity index (χ4v) is 4.47. The second kappa shape index (κ2) is 6.34. The van der Waals surface area contributed by atoms with Gasteiger partial charge in [-0.1, -0.05) is 38.6 Å². The summed E-state index contributed by atoms with van der Waals surface area (Å²) in [5.74, 6) is -0.462. The maximum Gasteiger partial charge on any atom is 0.324 e. The van der Waals surface area contributed by atoms with Gasteiger partial charge in [0.1, 0.15) is 4.88 Å². The van der Waals surface area contributed by atoms with E-state index in [0.29, 0.717) is 11.3 Å². The zero-order chi connectivity index (χ0) is 16.6. The van der Waals surface area contributed by atoms with Gasteiger partial charge in [-0.05, 0) is 31.2 Å². The number of hydrogen-bond acceptors (Lipinski definition) is 5. The Kier molecular flexibility index (Phi) is 4.42. The van der Waals surface area contributed by atoms with Gasteiger partial charge in [0.15, 0.2) is 4.80 Å².